The molecule has 6 heteroatoms. The first kappa shape index (κ1) is 22.6. The number of benzene rings is 3. The predicted octanol–water partition coefficient (Wildman–Crippen LogP) is 6.62. The molecule has 6 nitrogen and oxygen atoms in total. The van der Waals surface area contributed by atoms with Gasteiger partial charge in [-0.2, -0.15) is 4.98 Å². The van der Waals surface area contributed by atoms with Crippen LogP contribution in [0, 0.1) is 13.8 Å². The summed E-state index contributed by atoms with van der Waals surface area (Å²) in [5.41, 5.74) is 7.59. The zero-order valence-electron chi connectivity index (χ0n) is 20.4. The van der Waals surface area contributed by atoms with Crippen molar-refractivity contribution in [2.24, 2.45) is 0 Å². The Morgan fingerprint density at radius 3 is 2.34 bits per heavy atom. The number of hydrogen-bond donors (Lipinski definition) is 1. The van der Waals surface area contributed by atoms with Crippen molar-refractivity contribution in [1.29, 1.82) is 0 Å². The van der Waals surface area contributed by atoms with Gasteiger partial charge in [-0.25, -0.2) is 4.79 Å². The first-order valence-electron chi connectivity index (χ1n) is 11.8. The second kappa shape index (κ2) is 9.22. The number of hydrogen-bond acceptors (Lipinski definition) is 4. The molecule has 2 amide bonds. The number of anilines is 1. The van der Waals surface area contributed by atoms with Crippen molar-refractivity contribution in [2.75, 3.05) is 4.90 Å². The van der Waals surface area contributed by atoms with Gasteiger partial charge in [0.15, 0.2) is 0 Å². The Balaban J connectivity index is 1.65. The zero-order valence-corrected chi connectivity index (χ0v) is 20.4. The van der Waals surface area contributed by atoms with Crippen molar-refractivity contribution in [1.82, 2.24) is 15.5 Å². The molecule has 1 aliphatic rings. The fourth-order valence-corrected chi connectivity index (χ4v) is 4.53. The molecule has 35 heavy (non-hydrogen) atoms. The molecular weight excluding hydrogens is 436 g/mol. The van der Waals surface area contributed by atoms with Crippen molar-refractivity contribution in [3.05, 3.63) is 107 Å². The van der Waals surface area contributed by atoms with E-state index in [2.05, 4.69) is 41.7 Å². The molecule has 1 aromatic heterocycles. The van der Waals surface area contributed by atoms with Crippen LogP contribution in [0.5, 0.6) is 0 Å². The number of carbonyl (C=O) groups is 1. The van der Waals surface area contributed by atoms with E-state index in [9.17, 15) is 4.79 Å². The Labute approximate surface area is 205 Å². The number of nitrogens with one attached hydrogen (secondary N) is 1. The van der Waals surface area contributed by atoms with Gasteiger partial charge >= 0.3 is 6.03 Å². The molecule has 4 aromatic rings. The Hall–Kier alpha value is -4.19. The Kier molecular flexibility index (Phi) is 5.95. The summed E-state index contributed by atoms with van der Waals surface area (Å²) in [5, 5.41) is 7.45. The van der Waals surface area contributed by atoms with Gasteiger partial charge in [0.2, 0.25) is 5.82 Å². The lowest BCUT2D eigenvalue weighted by Crippen LogP contribution is -2.46. The summed E-state index contributed by atoms with van der Waals surface area (Å²) in [4.78, 5) is 19.8. The number of rotatable bonds is 5. The number of amides is 2. The van der Waals surface area contributed by atoms with Crippen molar-refractivity contribution in [2.45, 2.75) is 40.2 Å². The molecule has 3 aromatic carbocycles. The molecule has 1 atom stereocenters. The van der Waals surface area contributed by atoms with E-state index in [1.807, 2.05) is 69.3 Å². The van der Waals surface area contributed by atoms with Crippen LogP contribution in [0.15, 0.2) is 83.0 Å². The first-order chi connectivity index (χ1) is 16.9. The fourth-order valence-electron chi connectivity index (χ4n) is 4.53. The molecule has 2 heterocycles. The maximum atomic E-state index is 13.4. The lowest BCUT2D eigenvalue weighted by Gasteiger charge is -2.35. The van der Waals surface area contributed by atoms with E-state index >= 15 is 0 Å². The van der Waals surface area contributed by atoms with E-state index < -0.39 is 6.04 Å². The van der Waals surface area contributed by atoms with Crippen LogP contribution in [-0.2, 0) is 6.42 Å². The Morgan fingerprint density at radius 2 is 1.66 bits per heavy atom. The third-order valence-corrected chi connectivity index (χ3v) is 6.40. The molecule has 1 aliphatic heterocycles. The van der Waals surface area contributed by atoms with Crippen molar-refractivity contribution in [3.8, 4) is 11.4 Å². The van der Waals surface area contributed by atoms with Gasteiger partial charge in [-0.05, 0) is 62.1 Å². The van der Waals surface area contributed by atoms with E-state index in [0.717, 1.165) is 45.6 Å². The highest BCUT2D eigenvalue weighted by molar-refractivity contribution is 6.01. The van der Waals surface area contributed by atoms with E-state index in [4.69, 9.17) is 9.51 Å². The third-order valence-electron chi connectivity index (χ3n) is 6.40. The second-order valence-corrected chi connectivity index (χ2v) is 8.94. The quantitative estimate of drug-likeness (QED) is 0.360. The number of aryl methyl sites for hydroxylation is 3. The maximum absolute atomic E-state index is 13.4. The molecule has 0 fully saturated rings. The van der Waals surface area contributed by atoms with Crippen LogP contribution >= 0.6 is 0 Å². The summed E-state index contributed by atoms with van der Waals surface area (Å²) in [6.07, 6.45) is 0.948. The van der Waals surface area contributed by atoms with Gasteiger partial charge < -0.3 is 9.84 Å². The Bertz CT molecular complexity index is 1420. The van der Waals surface area contributed by atoms with Crippen LogP contribution in [0.2, 0.25) is 0 Å². The van der Waals surface area contributed by atoms with E-state index in [0.29, 0.717) is 11.7 Å². The molecule has 0 bridgehead atoms. The number of carbonyl (C=O) groups excluding carboxylic acids is 1. The van der Waals surface area contributed by atoms with Crippen molar-refractivity contribution < 1.29 is 9.32 Å². The van der Waals surface area contributed by atoms with Crippen molar-refractivity contribution >= 4 is 17.3 Å². The highest BCUT2D eigenvalue weighted by Gasteiger charge is 2.36. The minimum Gasteiger partial charge on any atom is -0.334 e. The molecule has 1 N–H and O–H groups in total. The highest BCUT2D eigenvalue weighted by atomic mass is 16.5. The largest absolute Gasteiger partial charge is 0.334 e. The monoisotopic (exact) mass is 464 g/mol. The van der Waals surface area contributed by atoms with Gasteiger partial charge in [0.1, 0.15) is 0 Å². The maximum Gasteiger partial charge on any atom is 0.326 e. The summed E-state index contributed by atoms with van der Waals surface area (Å²) in [5.74, 6) is 0.907. The summed E-state index contributed by atoms with van der Waals surface area (Å²) >= 11 is 0. The SMILES string of the molecule is CCc1ccc(C2NC(=O)N(c3cccc(C)c3)C(C)=C2c2nc(-c3cccc(C)c3)no2)cc1. The minimum atomic E-state index is -0.416. The average Bonchev–Trinajstić information content (AvgIpc) is 3.34. The number of urea groups is 1. The number of allylic oxidation sites excluding steroid dienone is 1. The highest BCUT2D eigenvalue weighted by Crippen LogP contribution is 2.39. The van der Waals surface area contributed by atoms with E-state index in [1.165, 1.54) is 5.56 Å². The van der Waals surface area contributed by atoms with Crippen LogP contribution in [-0.4, -0.2) is 16.2 Å². The van der Waals surface area contributed by atoms with Crippen LogP contribution < -0.4 is 10.2 Å². The molecule has 176 valence electrons. The average molecular weight is 465 g/mol. The van der Waals surface area contributed by atoms with Gasteiger partial charge in [-0.15, -0.1) is 0 Å². The van der Waals surface area contributed by atoms with E-state index in [-0.39, 0.29) is 6.03 Å². The van der Waals surface area contributed by atoms with Crippen LogP contribution in [0.3, 0.4) is 0 Å². The molecule has 0 spiro atoms. The molecule has 1 unspecified atom stereocenters. The van der Waals surface area contributed by atoms with Crippen LogP contribution in [0.4, 0.5) is 10.5 Å². The summed E-state index contributed by atoms with van der Waals surface area (Å²) in [7, 11) is 0. The normalized spacial score (nSPS) is 15.9. The summed E-state index contributed by atoms with van der Waals surface area (Å²) in [6.45, 7) is 8.09. The fraction of sp³-hybridized carbons (Fsp3) is 0.207. The summed E-state index contributed by atoms with van der Waals surface area (Å²) < 4.78 is 5.81. The Morgan fingerprint density at radius 1 is 0.943 bits per heavy atom. The smallest absolute Gasteiger partial charge is 0.326 e. The van der Waals surface area contributed by atoms with Crippen molar-refractivity contribution in [3.63, 3.8) is 0 Å². The zero-order chi connectivity index (χ0) is 24.5. The molecule has 0 saturated heterocycles. The molecule has 5 rings (SSSR count). The van der Waals surface area contributed by atoms with Crippen LogP contribution in [0.25, 0.3) is 17.0 Å². The van der Waals surface area contributed by atoms with Crippen LogP contribution in [0.1, 0.15) is 48.0 Å². The van der Waals surface area contributed by atoms with Gasteiger partial charge in [0.25, 0.3) is 5.89 Å². The third kappa shape index (κ3) is 4.35. The van der Waals surface area contributed by atoms with Gasteiger partial charge in [-0.1, -0.05) is 72.2 Å². The molecule has 0 saturated carbocycles. The standard InChI is InChI=1S/C29H28N4O2/c1-5-21-12-14-22(15-13-21)26-25(28-31-27(32-35-28)23-10-6-8-18(2)16-23)20(4)33(29(34)30-26)24-11-7-9-19(3)17-24/h6-17,26H,5H2,1-4H3,(H,30,34). The predicted molar refractivity (Wildman–Crippen MR) is 138 cm³/mol. The van der Waals surface area contributed by atoms with Gasteiger partial charge in [0.05, 0.1) is 17.3 Å². The topological polar surface area (TPSA) is 71.3 Å². The van der Waals surface area contributed by atoms with Gasteiger partial charge in [-0.3, -0.25) is 4.90 Å². The number of nitrogens with zero attached hydrogens (tertiary/aromatic N) is 3. The second-order valence-electron chi connectivity index (χ2n) is 8.94. The number of aromatic nitrogens is 2. The first-order valence-corrected chi connectivity index (χ1v) is 11.8. The summed E-state index contributed by atoms with van der Waals surface area (Å²) in [6, 6.07) is 23.5. The lowest BCUT2D eigenvalue weighted by atomic mass is 9.93. The van der Waals surface area contributed by atoms with Gasteiger partial charge in [0, 0.05) is 11.3 Å². The molecule has 0 aliphatic carbocycles. The molecular formula is C29H28N4O2. The van der Waals surface area contributed by atoms with E-state index in [1.54, 1.807) is 4.90 Å². The minimum absolute atomic E-state index is 0.195. The molecule has 0 radical (unpaired) electrons. The lowest BCUT2D eigenvalue weighted by molar-refractivity contribution is 0.244.